The first-order chi connectivity index (χ1) is 15.9. The zero-order valence-electron chi connectivity index (χ0n) is 17.4. The molecule has 1 unspecified atom stereocenters. The number of carbonyl (C=O) groups is 2. The standard InChI is InChI=1S/C23H19N3O7/c1-32-20-13-15(14-24-25-22(28)21(27)16-5-3-2-4-6-16)7-12-19(20)33-23(29)17-8-10-18(11-9-17)26(30)31/h2-14,21,27H,1H3,(H,25,28)/b24-14+. The number of aliphatic hydroxyl groups excluding tert-OH is 1. The van der Waals surface area contributed by atoms with Gasteiger partial charge in [-0.3, -0.25) is 14.9 Å². The molecule has 0 bridgehead atoms. The summed E-state index contributed by atoms with van der Waals surface area (Å²) in [7, 11) is 1.39. The molecule has 3 aromatic carbocycles. The van der Waals surface area contributed by atoms with E-state index in [-0.39, 0.29) is 22.7 Å². The number of amides is 1. The molecule has 0 aromatic heterocycles. The number of ether oxygens (including phenoxy) is 2. The molecule has 10 nitrogen and oxygen atoms in total. The molecular formula is C23H19N3O7. The predicted molar refractivity (Wildman–Crippen MR) is 118 cm³/mol. The Kier molecular flexibility index (Phi) is 7.45. The quantitative estimate of drug-likeness (QED) is 0.177. The zero-order valence-corrected chi connectivity index (χ0v) is 17.4. The van der Waals surface area contributed by atoms with Gasteiger partial charge in [0.2, 0.25) is 0 Å². The van der Waals surface area contributed by atoms with Gasteiger partial charge in [0.15, 0.2) is 17.6 Å². The van der Waals surface area contributed by atoms with E-state index in [2.05, 4.69) is 10.5 Å². The number of hydrogen-bond donors (Lipinski definition) is 2. The number of nitro groups is 1. The third-order valence-corrected chi connectivity index (χ3v) is 4.46. The van der Waals surface area contributed by atoms with Gasteiger partial charge in [-0.2, -0.15) is 5.10 Å². The molecule has 0 aliphatic rings. The summed E-state index contributed by atoms with van der Waals surface area (Å²) < 4.78 is 10.6. The van der Waals surface area contributed by atoms with Gasteiger partial charge in [0.05, 0.1) is 23.8 Å². The lowest BCUT2D eigenvalue weighted by molar-refractivity contribution is -0.384. The highest BCUT2D eigenvalue weighted by Gasteiger charge is 2.17. The van der Waals surface area contributed by atoms with Crippen LogP contribution in [-0.4, -0.2) is 35.2 Å². The van der Waals surface area contributed by atoms with Crippen molar-refractivity contribution in [3.8, 4) is 11.5 Å². The number of benzene rings is 3. The van der Waals surface area contributed by atoms with Gasteiger partial charge in [-0.15, -0.1) is 0 Å². The van der Waals surface area contributed by atoms with Gasteiger partial charge in [-0.1, -0.05) is 30.3 Å². The number of carbonyl (C=O) groups excluding carboxylic acids is 2. The van der Waals surface area contributed by atoms with Crippen LogP contribution in [0.3, 0.4) is 0 Å². The van der Waals surface area contributed by atoms with E-state index < -0.39 is 22.9 Å². The van der Waals surface area contributed by atoms with E-state index in [0.717, 1.165) is 0 Å². The highest BCUT2D eigenvalue weighted by atomic mass is 16.6. The van der Waals surface area contributed by atoms with Crippen LogP contribution in [0.4, 0.5) is 5.69 Å². The average molecular weight is 449 g/mol. The third kappa shape index (κ3) is 5.99. The molecule has 0 aliphatic heterocycles. The van der Waals surface area contributed by atoms with E-state index in [0.29, 0.717) is 11.1 Å². The minimum atomic E-state index is -1.36. The Labute approximate surface area is 188 Å². The van der Waals surface area contributed by atoms with Crippen molar-refractivity contribution in [2.75, 3.05) is 7.11 Å². The summed E-state index contributed by atoms with van der Waals surface area (Å²) in [6, 6.07) is 18.0. The van der Waals surface area contributed by atoms with Gasteiger partial charge in [0, 0.05) is 12.1 Å². The van der Waals surface area contributed by atoms with E-state index in [1.165, 1.54) is 49.7 Å². The van der Waals surface area contributed by atoms with Gasteiger partial charge in [-0.25, -0.2) is 10.2 Å². The molecule has 3 rings (SSSR count). The number of aliphatic hydroxyl groups is 1. The van der Waals surface area contributed by atoms with Crippen LogP contribution in [0.2, 0.25) is 0 Å². The largest absolute Gasteiger partial charge is 0.493 e. The summed E-state index contributed by atoms with van der Waals surface area (Å²) in [5.41, 5.74) is 3.20. The molecule has 1 amide bonds. The number of esters is 1. The molecule has 33 heavy (non-hydrogen) atoms. The average Bonchev–Trinajstić information content (AvgIpc) is 2.84. The SMILES string of the molecule is COc1cc(/C=N/NC(=O)C(O)c2ccccc2)ccc1OC(=O)c1ccc([N+](=O)[O-])cc1. The van der Waals surface area contributed by atoms with Crippen LogP contribution in [0.25, 0.3) is 0 Å². The smallest absolute Gasteiger partial charge is 0.343 e. The summed E-state index contributed by atoms with van der Waals surface area (Å²) in [6.45, 7) is 0. The molecule has 3 aromatic rings. The van der Waals surface area contributed by atoms with E-state index in [1.807, 2.05) is 0 Å². The maximum Gasteiger partial charge on any atom is 0.343 e. The predicted octanol–water partition coefficient (Wildman–Crippen LogP) is 3.01. The molecule has 0 aliphatic carbocycles. The molecule has 10 heteroatoms. The van der Waals surface area contributed by atoms with Crippen LogP contribution < -0.4 is 14.9 Å². The van der Waals surface area contributed by atoms with Crippen molar-refractivity contribution in [2.24, 2.45) is 5.10 Å². The fourth-order valence-corrected chi connectivity index (χ4v) is 2.75. The number of non-ortho nitro benzene ring substituents is 1. The van der Waals surface area contributed by atoms with Gasteiger partial charge in [-0.05, 0) is 41.5 Å². The molecule has 0 saturated heterocycles. The van der Waals surface area contributed by atoms with Gasteiger partial charge in [0.25, 0.3) is 11.6 Å². The van der Waals surface area contributed by atoms with Crippen LogP contribution in [0.1, 0.15) is 27.6 Å². The van der Waals surface area contributed by atoms with Crippen LogP contribution in [0.15, 0.2) is 77.9 Å². The number of methoxy groups -OCH3 is 1. The fraction of sp³-hybridized carbons (Fsp3) is 0.0870. The Balaban J connectivity index is 1.64. The number of hydrogen-bond acceptors (Lipinski definition) is 8. The Hall–Kier alpha value is -4.57. The van der Waals surface area contributed by atoms with Gasteiger partial charge < -0.3 is 14.6 Å². The van der Waals surface area contributed by atoms with Crippen molar-refractivity contribution in [3.63, 3.8) is 0 Å². The lowest BCUT2D eigenvalue weighted by Crippen LogP contribution is -2.25. The minimum absolute atomic E-state index is 0.126. The van der Waals surface area contributed by atoms with E-state index in [4.69, 9.17) is 9.47 Å². The third-order valence-electron chi connectivity index (χ3n) is 4.46. The topological polar surface area (TPSA) is 140 Å². The van der Waals surface area contributed by atoms with Crippen molar-refractivity contribution < 1.29 is 29.1 Å². The summed E-state index contributed by atoms with van der Waals surface area (Å²) in [5.74, 6) is -1.06. The highest BCUT2D eigenvalue weighted by Crippen LogP contribution is 2.28. The van der Waals surface area contributed by atoms with Crippen molar-refractivity contribution >= 4 is 23.8 Å². The normalized spacial score (nSPS) is 11.6. The maximum absolute atomic E-state index is 12.3. The first-order valence-electron chi connectivity index (χ1n) is 9.59. The lowest BCUT2D eigenvalue weighted by atomic mass is 10.1. The summed E-state index contributed by atoms with van der Waals surface area (Å²) in [4.78, 5) is 34.5. The molecule has 1 atom stereocenters. The molecule has 0 radical (unpaired) electrons. The molecular weight excluding hydrogens is 430 g/mol. The first kappa shape index (κ1) is 23.1. The number of nitrogens with zero attached hydrogens (tertiary/aromatic N) is 2. The monoisotopic (exact) mass is 449 g/mol. The maximum atomic E-state index is 12.3. The fourth-order valence-electron chi connectivity index (χ4n) is 2.75. The van der Waals surface area contributed by atoms with Gasteiger partial charge >= 0.3 is 5.97 Å². The highest BCUT2D eigenvalue weighted by molar-refractivity contribution is 5.92. The Bertz CT molecular complexity index is 1180. The van der Waals surface area contributed by atoms with E-state index in [9.17, 15) is 24.8 Å². The Morgan fingerprint density at radius 3 is 2.39 bits per heavy atom. The second-order valence-corrected chi connectivity index (χ2v) is 6.65. The Morgan fingerprint density at radius 2 is 1.76 bits per heavy atom. The van der Waals surface area contributed by atoms with Gasteiger partial charge in [0.1, 0.15) is 0 Å². The molecule has 0 saturated carbocycles. The van der Waals surface area contributed by atoms with Crippen LogP contribution >= 0.6 is 0 Å². The van der Waals surface area contributed by atoms with Crippen LogP contribution in [-0.2, 0) is 4.79 Å². The molecule has 0 spiro atoms. The van der Waals surface area contributed by atoms with E-state index >= 15 is 0 Å². The van der Waals surface area contributed by atoms with Crippen LogP contribution in [0.5, 0.6) is 11.5 Å². The Morgan fingerprint density at radius 1 is 1.06 bits per heavy atom. The molecule has 0 heterocycles. The summed E-state index contributed by atoms with van der Waals surface area (Å²) in [5, 5.41) is 24.6. The van der Waals surface area contributed by atoms with Crippen molar-refractivity contribution in [1.29, 1.82) is 0 Å². The molecule has 168 valence electrons. The second kappa shape index (κ2) is 10.6. The van der Waals surface area contributed by atoms with Crippen molar-refractivity contribution in [3.05, 3.63) is 99.6 Å². The van der Waals surface area contributed by atoms with E-state index in [1.54, 1.807) is 36.4 Å². The van der Waals surface area contributed by atoms with Crippen LogP contribution in [0, 0.1) is 10.1 Å². The number of nitro benzene ring substituents is 1. The lowest BCUT2D eigenvalue weighted by Gasteiger charge is -2.10. The van der Waals surface area contributed by atoms with Crippen molar-refractivity contribution in [2.45, 2.75) is 6.10 Å². The molecule has 0 fully saturated rings. The minimum Gasteiger partial charge on any atom is -0.493 e. The first-order valence-corrected chi connectivity index (χ1v) is 9.59. The number of nitrogens with one attached hydrogen (secondary N) is 1. The zero-order chi connectivity index (χ0) is 23.8. The summed E-state index contributed by atoms with van der Waals surface area (Å²) >= 11 is 0. The second-order valence-electron chi connectivity index (χ2n) is 6.65. The van der Waals surface area contributed by atoms with Crippen molar-refractivity contribution in [1.82, 2.24) is 5.43 Å². The number of rotatable bonds is 8. The molecule has 2 N–H and O–H groups in total. The number of hydrazone groups is 1. The summed E-state index contributed by atoms with van der Waals surface area (Å²) in [6.07, 6.45) is -0.0286.